The zero-order chi connectivity index (χ0) is 12.1. The second-order valence-electron chi connectivity index (χ2n) is 3.25. The molecule has 1 unspecified atom stereocenters. The molecule has 0 saturated heterocycles. The van der Waals surface area contributed by atoms with Crippen LogP contribution in [0.15, 0.2) is 24.3 Å². The Morgan fingerprint density at radius 2 is 2.06 bits per heavy atom. The van der Waals surface area contributed by atoms with Gasteiger partial charge in [-0.15, -0.1) is 0 Å². The smallest absolute Gasteiger partial charge is 0.326 e. The number of hydrogen-bond acceptors (Lipinski definition) is 2. The summed E-state index contributed by atoms with van der Waals surface area (Å²) in [7, 11) is 0. The molecule has 2 N–H and O–H groups in total. The zero-order valence-electron chi connectivity index (χ0n) is 8.74. The van der Waals surface area contributed by atoms with E-state index in [1.807, 2.05) is 28.7 Å². The van der Waals surface area contributed by atoms with Gasteiger partial charge in [-0.1, -0.05) is 19.1 Å². The number of nitrogens with one attached hydrogen (secondary N) is 1. The highest BCUT2D eigenvalue weighted by atomic mass is 127. The summed E-state index contributed by atoms with van der Waals surface area (Å²) in [5.41, 5.74) is 0.503. The van der Waals surface area contributed by atoms with Crippen LogP contribution in [0.2, 0.25) is 0 Å². The van der Waals surface area contributed by atoms with Crippen molar-refractivity contribution in [2.45, 2.75) is 19.4 Å². The number of carboxylic acids is 1. The predicted octanol–water partition coefficient (Wildman–Crippen LogP) is 1.88. The standard InChI is InChI=1S/C11H12INO3/c1-2-9(11(15)16)13-10(14)7-5-3-4-6-8(7)12/h3-6,9H,2H2,1H3,(H,13,14)(H,15,16). The molecule has 1 aromatic carbocycles. The first-order valence-corrected chi connectivity index (χ1v) is 5.92. The lowest BCUT2D eigenvalue weighted by atomic mass is 10.1. The molecular formula is C11H12INO3. The van der Waals surface area contributed by atoms with Crippen molar-refractivity contribution in [3.05, 3.63) is 33.4 Å². The maximum absolute atomic E-state index is 11.8. The molecular weight excluding hydrogens is 321 g/mol. The van der Waals surface area contributed by atoms with Gasteiger partial charge in [-0.25, -0.2) is 4.79 Å². The van der Waals surface area contributed by atoms with Crippen molar-refractivity contribution < 1.29 is 14.7 Å². The molecule has 0 heterocycles. The van der Waals surface area contributed by atoms with Gasteiger partial charge >= 0.3 is 5.97 Å². The van der Waals surface area contributed by atoms with Crippen molar-refractivity contribution in [1.29, 1.82) is 0 Å². The van der Waals surface area contributed by atoms with Gasteiger partial charge in [0.1, 0.15) is 6.04 Å². The van der Waals surface area contributed by atoms with Gasteiger partial charge in [0.2, 0.25) is 0 Å². The number of halogens is 1. The SMILES string of the molecule is CCC(NC(=O)c1ccccc1I)C(=O)O. The summed E-state index contributed by atoms with van der Waals surface area (Å²) in [5, 5.41) is 11.3. The molecule has 16 heavy (non-hydrogen) atoms. The summed E-state index contributed by atoms with van der Waals surface area (Å²) in [6.07, 6.45) is 0.366. The molecule has 0 fully saturated rings. The second-order valence-corrected chi connectivity index (χ2v) is 4.41. The summed E-state index contributed by atoms with van der Waals surface area (Å²) in [4.78, 5) is 22.5. The fourth-order valence-electron chi connectivity index (χ4n) is 1.22. The largest absolute Gasteiger partial charge is 0.480 e. The van der Waals surface area contributed by atoms with E-state index in [4.69, 9.17) is 5.11 Å². The summed E-state index contributed by atoms with van der Waals surface area (Å²) < 4.78 is 0.804. The summed E-state index contributed by atoms with van der Waals surface area (Å²) in [6, 6.07) is 6.22. The van der Waals surface area contributed by atoms with E-state index in [0.717, 1.165) is 3.57 Å². The van der Waals surface area contributed by atoms with Crippen LogP contribution in [0, 0.1) is 3.57 Å². The Bertz CT molecular complexity index is 406. The monoisotopic (exact) mass is 333 g/mol. The summed E-state index contributed by atoms with van der Waals surface area (Å²) in [5.74, 6) is -1.36. The maximum atomic E-state index is 11.8. The Labute approximate surface area is 107 Å². The van der Waals surface area contributed by atoms with Crippen LogP contribution in [-0.2, 0) is 4.79 Å². The molecule has 0 aliphatic heterocycles. The third-order valence-electron chi connectivity index (χ3n) is 2.13. The number of aliphatic carboxylic acids is 1. The van der Waals surface area contributed by atoms with Crippen LogP contribution in [0.25, 0.3) is 0 Å². The van der Waals surface area contributed by atoms with E-state index in [0.29, 0.717) is 12.0 Å². The highest BCUT2D eigenvalue weighted by Gasteiger charge is 2.19. The number of rotatable bonds is 4. The quantitative estimate of drug-likeness (QED) is 0.827. The molecule has 1 atom stereocenters. The third-order valence-corrected chi connectivity index (χ3v) is 3.07. The second kappa shape index (κ2) is 5.83. The van der Waals surface area contributed by atoms with E-state index in [2.05, 4.69) is 5.32 Å². The molecule has 5 heteroatoms. The van der Waals surface area contributed by atoms with Crippen molar-refractivity contribution >= 4 is 34.5 Å². The molecule has 0 radical (unpaired) electrons. The van der Waals surface area contributed by atoms with E-state index in [-0.39, 0.29) is 5.91 Å². The third kappa shape index (κ3) is 3.19. The lowest BCUT2D eigenvalue weighted by Crippen LogP contribution is -2.40. The van der Waals surface area contributed by atoms with Gasteiger partial charge in [-0.05, 0) is 41.1 Å². The van der Waals surface area contributed by atoms with Crippen LogP contribution in [0.4, 0.5) is 0 Å². The number of hydrogen-bond donors (Lipinski definition) is 2. The number of carbonyl (C=O) groups excluding carboxylic acids is 1. The topological polar surface area (TPSA) is 66.4 Å². The maximum Gasteiger partial charge on any atom is 0.326 e. The fourth-order valence-corrected chi connectivity index (χ4v) is 1.85. The van der Waals surface area contributed by atoms with Gasteiger partial charge in [0, 0.05) is 3.57 Å². The molecule has 0 bridgehead atoms. The minimum atomic E-state index is -1.01. The Balaban J connectivity index is 2.80. The summed E-state index contributed by atoms with van der Waals surface area (Å²) in [6.45, 7) is 1.72. The van der Waals surface area contributed by atoms with E-state index >= 15 is 0 Å². The van der Waals surface area contributed by atoms with E-state index in [9.17, 15) is 9.59 Å². The van der Waals surface area contributed by atoms with Crippen molar-refractivity contribution in [2.24, 2.45) is 0 Å². The highest BCUT2D eigenvalue weighted by Crippen LogP contribution is 2.11. The molecule has 86 valence electrons. The molecule has 4 nitrogen and oxygen atoms in total. The van der Waals surface area contributed by atoms with E-state index < -0.39 is 12.0 Å². The van der Waals surface area contributed by atoms with Gasteiger partial charge in [-0.3, -0.25) is 4.79 Å². The van der Waals surface area contributed by atoms with Crippen molar-refractivity contribution in [3.63, 3.8) is 0 Å². The van der Waals surface area contributed by atoms with Crippen LogP contribution in [0.3, 0.4) is 0 Å². The van der Waals surface area contributed by atoms with Gasteiger partial charge in [0.15, 0.2) is 0 Å². The van der Waals surface area contributed by atoms with Crippen molar-refractivity contribution in [3.8, 4) is 0 Å². The van der Waals surface area contributed by atoms with E-state index in [1.165, 1.54) is 0 Å². The first-order chi connectivity index (χ1) is 7.56. The molecule has 0 aliphatic rings. The minimum absolute atomic E-state index is 0.348. The normalized spacial score (nSPS) is 11.9. The van der Waals surface area contributed by atoms with Crippen LogP contribution in [-0.4, -0.2) is 23.0 Å². The molecule has 1 rings (SSSR count). The highest BCUT2D eigenvalue weighted by molar-refractivity contribution is 14.1. The van der Waals surface area contributed by atoms with Crippen LogP contribution < -0.4 is 5.32 Å². The Morgan fingerprint density at radius 1 is 1.44 bits per heavy atom. The molecule has 0 saturated carbocycles. The lowest BCUT2D eigenvalue weighted by Gasteiger charge is -2.12. The van der Waals surface area contributed by atoms with Gasteiger partial charge in [-0.2, -0.15) is 0 Å². The van der Waals surface area contributed by atoms with E-state index in [1.54, 1.807) is 25.1 Å². The average Bonchev–Trinajstić information content (AvgIpc) is 2.25. The zero-order valence-corrected chi connectivity index (χ0v) is 10.9. The minimum Gasteiger partial charge on any atom is -0.480 e. The van der Waals surface area contributed by atoms with Crippen molar-refractivity contribution in [1.82, 2.24) is 5.32 Å². The van der Waals surface area contributed by atoms with Gasteiger partial charge in [0.25, 0.3) is 5.91 Å². The molecule has 1 amide bonds. The molecule has 0 aromatic heterocycles. The van der Waals surface area contributed by atoms with Crippen LogP contribution in [0.1, 0.15) is 23.7 Å². The lowest BCUT2D eigenvalue weighted by molar-refractivity contribution is -0.139. The fraction of sp³-hybridized carbons (Fsp3) is 0.273. The first-order valence-electron chi connectivity index (χ1n) is 4.84. The van der Waals surface area contributed by atoms with Crippen LogP contribution >= 0.6 is 22.6 Å². The predicted molar refractivity (Wildman–Crippen MR) is 68.3 cm³/mol. The Kier molecular flexibility index (Phi) is 4.72. The number of benzene rings is 1. The van der Waals surface area contributed by atoms with Crippen LogP contribution in [0.5, 0.6) is 0 Å². The molecule has 1 aromatic rings. The number of amides is 1. The number of carbonyl (C=O) groups is 2. The first kappa shape index (κ1) is 13.0. The van der Waals surface area contributed by atoms with Gasteiger partial charge < -0.3 is 10.4 Å². The average molecular weight is 333 g/mol. The van der Waals surface area contributed by atoms with Crippen molar-refractivity contribution in [2.75, 3.05) is 0 Å². The Morgan fingerprint density at radius 3 is 2.56 bits per heavy atom. The molecule has 0 aliphatic carbocycles. The Hall–Kier alpha value is -1.11. The summed E-state index contributed by atoms with van der Waals surface area (Å²) >= 11 is 2.04. The number of carboxylic acid groups (broad SMARTS) is 1. The molecule has 0 spiro atoms. The van der Waals surface area contributed by atoms with Gasteiger partial charge in [0.05, 0.1) is 5.56 Å².